The van der Waals surface area contributed by atoms with Gasteiger partial charge in [0.25, 0.3) is 0 Å². The molecule has 8 heteroatoms. The number of anilines is 1. The predicted molar refractivity (Wildman–Crippen MR) is 170 cm³/mol. The fraction of sp³-hybridized carbons (Fsp3) is 0.472. The van der Waals surface area contributed by atoms with Gasteiger partial charge in [-0.2, -0.15) is 9.97 Å². The molecule has 44 heavy (non-hydrogen) atoms. The van der Waals surface area contributed by atoms with Gasteiger partial charge >= 0.3 is 6.01 Å². The van der Waals surface area contributed by atoms with Gasteiger partial charge in [-0.1, -0.05) is 37.1 Å². The first kappa shape index (κ1) is 26.6. The van der Waals surface area contributed by atoms with Crippen molar-refractivity contribution in [3.05, 3.63) is 59.6 Å². The van der Waals surface area contributed by atoms with Crippen molar-refractivity contribution in [1.82, 2.24) is 19.9 Å². The third-order valence-electron chi connectivity index (χ3n) is 11.1. The molecule has 1 saturated carbocycles. The third-order valence-corrected chi connectivity index (χ3v) is 11.1. The summed E-state index contributed by atoms with van der Waals surface area (Å²) in [6.07, 6.45) is 11.4. The Balaban J connectivity index is 1.18. The van der Waals surface area contributed by atoms with Crippen LogP contribution < -0.4 is 9.64 Å². The van der Waals surface area contributed by atoms with E-state index in [1.54, 1.807) is 18.3 Å². The van der Waals surface area contributed by atoms with E-state index in [0.717, 1.165) is 81.4 Å². The summed E-state index contributed by atoms with van der Waals surface area (Å²) in [7, 11) is 0. The van der Waals surface area contributed by atoms with Gasteiger partial charge in [-0.05, 0) is 90.8 Å². The fourth-order valence-electron chi connectivity index (χ4n) is 9.00. The lowest BCUT2D eigenvalue weighted by atomic mass is 9.91. The average Bonchev–Trinajstić information content (AvgIpc) is 3.49. The zero-order valence-corrected chi connectivity index (χ0v) is 25.1. The molecule has 226 valence electrons. The summed E-state index contributed by atoms with van der Waals surface area (Å²) >= 11 is 0. The van der Waals surface area contributed by atoms with Crippen molar-refractivity contribution in [2.24, 2.45) is 11.8 Å². The van der Waals surface area contributed by atoms with E-state index in [-0.39, 0.29) is 28.5 Å². The molecular weight excluding hydrogens is 553 g/mol. The number of nitrogens with zero attached hydrogens (tertiary/aromatic N) is 5. The second-order valence-electron chi connectivity index (χ2n) is 13.9. The highest BCUT2D eigenvalue weighted by Gasteiger charge is 2.64. The highest BCUT2D eigenvalue weighted by Crippen LogP contribution is 2.60. The van der Waals surface area contributed by atoms with Crippen LogP contribution in [-0.4, -0.2) is 63.3 Å². The van der Waals surface area contributed by atoms with E-state index in [0.29, 0.717) is 29.3 Å². The number of hydrogen-bond donors (Lipinski definition) is 1. The summed E-state index contributed by atoms with van der Waals surface area (Å²) in [5.41, 5.74) is 4.78. The molecule has 4 aromatic rings. The van der Waals surface area contributed by atoms with Gasteiger partial charge in [-0.3, -0.25) is 9.88 Å². The third kappa shape index (κ3) is 4.06. The molecule has 0 unspecified atom stereocenters. The van der Waals surface area contributed by atoms with Crippen LogP contribution in [0.25, 0.3) is 32.9 Å². The minimum Gasteiger partial charge on any atom is -0.508 e. The summed E-state index contributed by atoms with van der Waals surface area (Å²) in [4.78, 5) is 19.2. The van der Waals surface area contributed by atoms with Crippen LogP contribution in [-0.2, 0) is 12.8 Å². The van der Waals surface area contributed by atoms with Gasteiger partial charge < -0.3 is 14.7 Å². The molecule has 5 heterocycles. The van der Waals surface area contributed by atoms with Crippen molar-refractivity contribution in [2.75, 3.05) is 37.7 Å². The smallest absolute Gasteiger partial charge is 0.319 e. The number of aromatic hydroxyl groups is 1. The van der Waals surface area contributed by atoms with Crippen molar-refractivity contribution in [2.45, 2.75) is 63.3 Å². The summed E-state index contributed by atoms with van der Waals surface area (Å²) in [5, 5.41) is 13.2. The zero-order chi connectivity index (χ0) is 29.6. The molecule has 2 aromatic heterocycles. The lowest BCUT2D eigenvalue weighted by Crippen LogP contribution is -2.47. The zero-order valence-electron chi connectivity index (χ0n) is 25.1. The largest absolute Gasteiger partial charge is 0.508 e. The summed E-state index contributed by atoms with van der Waals surface area (Å²) in [6.45, 7) is 8.55. The predicted octanol–water partition coefficient (Wildman–Crippen LogP) is 6.59. The van der Waals surface area contributed by atoms with Crippen LogP contribution in [0, 0.1) is 17.7 Å². The molecular formula is C36H38FN5O2. The number of phenolic OH excluding ortho intramolecular Hbond substituents is 1. The lowest BCUT2D eigenvalue weighted by Gasteiger charge is -2.34. The first-order chi connectivity index (χ1) is 21.5. The molecule has 0 bridgehead atoms. The van der Waals surface area contributed by atoms with Crippen LogP contribution in [0.3, 0.4) is 0 Å². The molecule has 2 aliphatic carbocycles. The van der Waals surface area contributed by atoms with E-state index < -0.39 is 5.82 Å². The Morgan fingerprint density at radius 3 is 2.80 bits per heavy atom. The van der Waals surface area contributed by atoms with Crippen molar-refractivity contribution in [3.63, 3.8) is 0 Å². The molecule has 3 saturated heterocycles. The number of aromatic nitrogens is 3. The number of hydrogen-bond acceptors (Lipinski definition) is 7. The molecule has 3 atom stereocenters. The Bertz CT molecular complexity index is 1850. The van der Waals surface area contributed by atoms with Crippen LogP contribution >= 0.6 is 0 Å². The van der Waals surface area contributed by atoms with Crippen LogP contribution in [0.15, 0.2) is 42.6 Å². The fourth-order valence-corrected chi connectivity index (χ4v) is 9.00. The van der Waals surface area contributed by atoms with E-state index in [1.807, 2.05) is 6.07 Å². The van der Waals surface area contributed by atoms with Gasteiger partial charge in [0.2, 0.25) is 0 Å². The van der Waals surface area contributed by atoms with Gasteiger partial charge in [-0.25, -0.2) is 4.39 Å². The Morgan fingerprint density at radius 1 is 1.07 bits per heavy atom. The van der Waals surface area contributed by atoms with Gasteiger partial charge in [0.1, 0.15) is 29.4 Å². The first-order valence-electron chi connectivity index (χ1n) is 16.4. The normalized spacial score (nSPS) is 26.2. The quantitative estimate of drug-likeness (QED) is 0.263. The molecule has 9 rings (SSSR count). The standard InChI is InChI=1S/C36H38FN5O2/c1-21-16-36(29-14-24(29)19-42(36)18-21)20-44-35-39-33-28(34(40-35)41-11-4-2-3-5-12-41)17-38-32(31(33)37)27-15-25(43)13-23-10-9-22-7-6-8-26(22)30(23)27/h9-10,13,15,17,24,29,43H,1-8,11-12,14,16,18-20H2/t24-,29-,36-/m1/s1. The van der Waals surface area contributed by atoms with Crippen LogP contribution in [0.4, 0.5) is 10.2 Å². The Labute approximate surface area is 256 Å². The number of benzene rings is 2. The highest BCUT2D eigenvalue weighted by atomic mass is 19.1. The SMILES string of the molecule is C=C1CN2C[C@H]3C[C@H]3[C@]2(COc2nc(N3CCCCCC3)c3cnc(-c4cc(O)cc5ccc6c(c45)CCC6)c(F)c3n2)C1. The molecule has 1 N–H and O–H groups in total. The number of ether oxygens (including phenoxy) is 1. The van der Waals surface area contributed by atoms with Crippen LogP contribution in [0.5, 0.6) is 11.8 Å². The number of rotatable bonds is 5. The molecule has 0 spiro atoms. The second kappa shape index (κ2) is 9.86. The van der Waals surface area contributed by atoms with E-state index in [1.165, 1.54) is 36.0 Å². The Hall–Kier alpha value is -3.78. The van der Waals surface area contributed by atoms with Crippen molar-refractivity contribution >= 4 is 27.5 Å². The van der Waals surface area contributed by atoms with E-state index in [2.05, 4.69) is 22.4 Å². The van der Waals surface area contributed by atoms with Gasteiger partial charge in [-0.15, -0.1) is 0 Å². The summed E-state index contributed by atoms with van der Waals surface area (Å²) in [5.74, 6) is 1.68. The van der Waals surface area contributed by atoms with Crippen molar-refractivity contribution in [1.29, 1.82) is 0 Å². The average molecular weight is 592 g/mol. The topological polar surface area (TPSA) is 74.6 Å². The second-order valence-corrected chi connectivity index (χ2v) is 13.9. The molecule has 0 amide bonds. The number of piperidine rings is 1. The van der Waals surface area contributed by atoms with Gasteiger partial charge in [0.05, 0.1) is 10.9 Å². The molecule has 3 aliphatic heterocycles. The van der Waals surface area contributed by atoms with Crippen LogP contribution in [0.1, 0.15) is 56.1 Å². The number of halogens is 1. The van der Waals surface area contributed by atoms with Crippen LogP contribution in [0.2, 0.25) is 0 Å². The number of aryl methyl sites for hydroxylation is 2. The molecule has 2 aromatic carbocycles. The summed E-state index contributed by atoms with van der Waals surface area (Å²) < 4.78 is 23.4. The van der Waals surface area contributed by atoms with Crippen molar-refractivity contribution in [3.8, 4) is 23.0 Å². The first-order valence-corrected chi connectivity index (χ1v) is 16.4. The van der Waals surface area contributed by atoms with E-state index >= 15 is 4.39 Å². The van der Waals surface area contributed by atoms with Gasteiger partial charge in [0.15, 0.2) is 5.82 Å². The molecule has 4 fully saturated rings. The van der Waals surface area contributed by atoms with E-state index in [4.69, 9.17) is 19.7 Å². The minimum atomic E-state index is -0.495. The maximum Gasteiger partial charge on any atom is 0.319 e. The van der Waals surface area contributed by atoms with Gasteiger partial charge in [0, 0.05) is 37.9 Å². The highest BCUT2D eigenvalue weighted by molar-refractivity contribution is 6.02. The van der Waals surface area contributed by atoms with Crippen molar-refractivity contribution < 1.29 is 14.2 Å². The molecule has 5 aliphatic rings. The lowest BCUT2D eigenvalue weighted by molar-refractivity contribution is 0.0830. The Morgan fingerprint density at radius 2 is 1.93 bits per heavy atom. The number of phenols is 1. The molecule has 0 radical (unpaired) electrons. The van der Waals surface area contributed by atoms with E-state index in [9.17, 15) is 5.11 Å². The Kier molecular flexibility index (Phi) is 5.96. The monoisotopic (exact) mass is 591 g/mol. The number of fused-ring (bicyclic) bond motifs is 7. The minimum absolute atomic E-state index is 0.0500. The maximum atomic E-state index is 16.9. The summed E-state index contributed by atoms with van der Waals surface area (Å²) in [6, 6.07) is 7.80. The number of pyridine rings is 1. The maximum absolute atomic E-state index is 16.9. The molecule has 7 nitrogen and oxygen atoms in total.